The fraction of sp³-hybridized carbons (Fsp3) is 0.263. The molecule has 0 unspecified atom stereocenters. The van der Waals surface area contributed by atoms with Gasteiger partial charge in [0, 0.05) is 18.7 Å². The van der Waals surface area contributed by atoms with Gasteiger partial charge in [-0.15, -0.1) is 0 Å². The van der Waals surface area contributed by atoms with E-state index >= 15 is 0 Å². The first-order valence-corrected chi connectivity index (χ1v) is 8.08. The molecule has 1 fully saturated rings. The number of hydrogen-bond acceptors (Lipinski definition) is 3. The third kappa shape index (κ3) is 3.63. The van der Waals surface area contributed by atoms with E-state index < -0.39 is 11.7 Å². The Labute approximate surface area is 145 Å². The highest BCUT2D eigenvalue weighted by Gasteiger charge is 2.27. The molecular weight excluding hydrogens is 323 g/mol. The van der Waals surface area contributed by atoms with Crippen molar-refractivity contribution in [2.24, 2.45) is 0 Å². The lowest BCUT2D eigenvalue weighted by atomic mass is 10.1. The van der Waals surface area contributed by atoms with E-state index in [-0.39, 0.29) is 18.1 Å². The number of ether oxygens (including phenoxy) is 1. The molecule has 25 heavy (non-hydrogen) atoms. The van der Waals surface area contributed by atoms with Crippen LogP contribution in [0.15, 0.2) is 48.5 Å². The van der Waals surface area contributed by atoms with Gasteiger partial charge >= 0.3 is 0 Å². The summed E-state index contributed by atoms with van der Waals surface area (Å²) in [6.07, 6.45) is 1.24. The second-order valence-corrected chi connectivity index (χ2v) is 5.81. The van der Waals surface area contributed by atoms with E-state index in [4.69, 9.17) is 4.74 Å². The van der Waals surface area contributed by atoms with Crippen LogP contribution in [0.1, 0.15) is 23.2 Å². The second kappa shape index (κ2) is 7.34. The van der Waals surface area contributed by atoms with Gasteiger partial charge in [-0.1, -0.05) is 12.1 Å². The number of anilines is 1. The molecular formula is C19H19FN2O3. The van der Waals surface area contributed by atoms with Crippen molar-refractivity contribution in [1.29, 1.82) is 0 Å². The first kappa shape index (κ1) is 17.0. The zero-order chi connectivity index (χ0) is 17.8. The van der Waals surface area contributed by atoms with Crippen LogP contribution < -0.4 is 9.64 Å². The maximum absolute atomic E-state index is 14.1. The Bertz CT molecular complexity index is 776. The molecule has 2 amide bonds. The van der Waals surface area contributed by atoms with Crippen LogP contribution in [0.25, 0.3) is 0 Å². The van der Waals surface area contributed by atoms with Crippen molar-refractivity contribution in [2.75, 3.05) is 25.2 Å². The Hall–Kier alpha value is -2.89. The SMILES string of the molecule is COc1ccc(N(CN2CCCC2=O)C(=O)c2ccccc2F)cc1. The number of likely N-dealkylation sites (tertiary alicyclic amines) is 1. The third-order valence-corrected chi connectivity index (χ3v) is 4.22. The fourth-order valence-electron chi connectivity index (χ4n) is 2.83. The van der Waals surface area contributed by atoms with E-state index in [1.165, 1.54) is 23.1 Å². The van der Waals surface area contributed by atoms with E-state index in [0.717, 1.165) is 6.42 Å². The highest BCUT2D eigenvalue weighted by Crippen LogP contribution is 2.23. The Morgan fingerprint density at radius 3 is 2.52 bits per heavy atom. The molecule has 2 aromatic carbocycles. The molecule has 1 heterocycles. The van der Waals surface area contributed by atoms with Gasteiger partial charge in [0.2, 0.25) is 5.91 Å². The molecule has 2 aromatic rings. The van der Waals surface area contributed by atoms with Gasteiger partial charge in [0.05, 0.1) is 12.7 Å². The molecule has 1 aliphatic heterocycles. The minimum Gasteiger partial charge on any atom is -0.497 e. The van der Waals surface area contributed by atoms with Crippen LogP contribution in [0.4, 0.5) is 10.1 Å². The highest BCUT2D eigenvalue weighted by molar-refractivity contribution is 6.06. The Balaban J connectivity index is 1.94. The number of halogens is 1. The molecule has 5 nitrogen and oxygen atoms in total. The maximum atomic E-state index is 14.1. The van der Waals surface area contributed by atoms with Crippen LogP contribution in [-0.2, 0) is 4.79 Å². The van der Waals surface area contributed by atoms with Crippen molar-refractivity contribution in [3.8, 4) is 5.75 Å². The third-order valence-electron chi connectivity index (χ3n) is 4.22. The number of carbonyl (C=O) groups excluding carboxylic acids is 2. The summed E-state index contributed by atoms with van der Waals surface area (Å²) in [5.74, 6) is -0.416. The van der Waals surface area contributed by atoms with Crippen LogP contribution in [0.5, 0.6) is 5.75 Å². The van der Waals surface area contributed by atoms with E-state index in [2.05, 4.69) is 0 Å². The van der Waals surface area contributed by atoms with Crippen LogP contribution in [0.2, 0.25) is 0 Å². The van der Waals surface area contributed by atoms with E-state index in [1.807, 2.05) is 0 Å². The molecule has 0 radical (unpaired) electrons. The number of hydrogen-bond donors (Lipinski definition) is 0. The van der Waals surface area contributed by atoms with Gasteiger partial charge in [-0.2, -0.15) is 0 Å². The average Bonchev–Trinajstić information content (AvgIpc) is 3.04. The predicted octanol–water partition coefficient (Wildman–Crippen LogP) is 3.06. The van der Waals surface area contributed by atoms with Crippen molar-refractivity contribution >= 4 is 17.5 Å². The molecule has 0 aliphatic carbocycles. The van der Waals surface area contributed by atoms with Crippen molar-refractivity contribution < 1.29 is 18.7 Å². The summed E-state index contributed by atoms with van der Waals surface area (Å²) in [5.41, 5.74) is 0.554. The number of rotatable bonds is 5. The quantitative estimate of drug-likeness (QED) is 0.839. The van der Waals surface area contributed by atoms with Gasteiger partial charge in [0.25, 0.3) is 5.91 Å². The summed E-state index contributed by atoms with van der Waals surface area (Å²) in [6, 6.07) is 12.7. The average molecular weight is 342 g/mol. The molecule has 0 N–H and O–H groups in total. The Morgan fingerprint density at radius 1 is 1.20 bits per heavy atom. The maximum Gasteiger partial charge on any atom is 0.262 e. The van der Waals surface area contributed by atoms with Gasteiger partial charge in [0.15, 0.2) is 0 Å². The highest BCUT2D eigenvalue weighted by atomic mass is 19.1. The summed E-state index contributed by atoms with van der Waals surface area (Å²) in [4.78, 5) is 27.9. The second-order valence-electron chi connectivity index (χ2n) is 5.81. The van der Waals surface area contributed by atoms with Crippen molar-refractivity contribution in [3.05, 3.63) is 59.9 Å². The molecule has 3 rings (SSSR count). The summed E-state index contributed by atoms with van der Waals surface area (Å²) in [7, 11) is 1.56. The Kier molecular flexibility index (Phi) is 4.97. The fourth-order valence-corrected chi connectivity index (χ4v) is 2.83. The first-order valence-electron chi connectivity index (χ1n) is 8.08. The van der Waals surface area contributed by atoms with Crippen molar-refractivity contribution in [1.82, 2.24) is 4.90 Å². The zero-order valence-corrected chi connectivity index (χ0v) is 13.9. The van der Waals surface area contributed by atoms with Crippen molar-refractivity contribution in [3.63, 3.8) is 0 Å². The zero-order valence-electron chi connectivity index (χ0n) is 13.9. The van der Waals surface area contributed by atoms with E-state index in [1.54, 1.807) is 42.3 Å². The summed E-state index contributed by atoms with van der Waals surface area (Å²) in [6.45, 7) is 0.689. The van der Waals surface area contributed by atoms with Gasteiger partial charge < -0.3 is 9.64 Å². The summed E-state index contributed by atoms with van der Waals surface area (Å²) < 4.78 is 19.2. The topological polar surface area (TPSA) is 49.9 Å². The smallest absolute Gasteiger partial charge is 0.262 e. The number of nitrogens with zero attached hydrogens (tertiary/aromatic N) is 2. The van der Waals surface area contributed by atoms with Crippen LogP contribution in [-0.4, -0.2) is 37.0 Å². The lowest BCUT2D eigenvalue weighted by Crippen LogP contribution is -2.42. The molecule has 0 bridgehead atoms. The number of carbonyl (C=O) groups is 2. The first-order chi connectivity index (χ1) is 12.1. The molecule has 6 heteroatoms. The minimum absolute atomic E-state index is 0.000143. The number of amides is 2. The lowest BCUT2D eigenvalue weighted by Gasteiger charge is -2.28. The van der Waals surface area contributed by atoms with E-state index in [0.29, 0.717) is 24.4 Å². The van der Waals surface area contributed by atoms with Gasteiger partial charge in [-0.3, -0.25) is 14.5 Å². The molecule has 1 saturated heterocycles. The molecule has 130 valence electrons. The van der Waals surface area contributed by atoms with Crippen LogP contribution in [0.3, 0.4) is 0 Å². The van der Waals surface area contributed by atoms with Crippen LogP contribution >= 0.6 is 0 Å². The molecule has 0 atom stereocenters. The van der Waals surface area contributed by atoms with E-state index in [9.17, 15) is 14.0 Å². The number of benzene rings is 2. The minimum atomic E-state index is -0.584. The lowest BCUT2D eigenvalue weighted by molar-refractivity contribution is -0.127. The Morgan fingerprint density at radius 2 is 1.92 bits per heavy atom. The normalized spacial score (nSPS) is 13.8. The monoisotopic (exact) mass is 342 g/mol. The summed E-state index contributed by atoms with van der Waals surface area (Å²) >= 11 is 0. The van der Waals surface area contributed by atoms with Crippen LogP contribution in [0, 0.1) is 5.82 Å². The van der Waals surface area contributed by atoms with Gasteiger partial charge in [-0.05, 0) is 42.8 Å². The summed E-state index contributed by atoms with van der Waals surface area (Å²) in [5, 5.41) is 0. The number of methoxy groups -OCH3 is 1. The molecule has 0 spiro atoms. The largest absolute Gasteiger partial charge is 0.497 e. The molecule has 0 aromatic heterocycles. The standard InChI is InChI=1S/C19H19FN2O3/c1-25-15-10-8-14(9-11-15)22(13-21-12-4-7-18(21)23)19(24)16-5-2-3-6-17(16)20/h2-3,5-6,8-11H,4,7,12-13H2,1H3. The van der Waals surface area contributed by atoms with Gasteiger partial charge in [0.1, 0.15) is 18.2 Å². The van der Waals surface area contributed by atoms with Crippen molar-refractivity contribution in [2.45, 2.75) is 12.8 Å². The molecule has 0 saturated carbocycles. The predicted molar refractivity (Wildman–Crippen MR) is 92.0 cm³/mol. The van der Waals surface area contributed by atoms with Gasteiger partial charge in [-0.25, -0.2) is 4.39 Å². The molecule has 1 aliphatic rings.